The van der Waals surface area contributed by atoms with Gasteiger partial charge in [0.15, 0.2) is 14.1 Å². The van der Waals surface area contributed by atoms with Crippen molar-refractivity contribution in [1.82, 2.24) is 0 Å². The highest BCUT2D eigenvalue weighted by molar-refractivity contribution is 6.69. The number of phenolic OH excluding ortho intramolecular Hbond substituents is 1. The molecule has 3 aliphatic carbocycles. The van der Waals surface area contributed by atoms with E-state index in [9.17, 15) is 10.2 Å². The number of fused-ring (bicyclic) bond motifs is 5. The Kier molecular flexibility index (Phi) is 3.92. The monoisotopic (exact) mass is 360 g/mol. The molecule has 5 atom stereocenters. The summed E-state index contributed by atoms with van der Waals surface area (Å²) < 4.78 is 6.38. The molecule has 1 aromatic rings. The van der Waals surface area contributed by atoms with Crippen molar-refractivity contribution in [1.29, 1.82) is 0 Å². The fourth-order valence-corrected chi connectivity index (χ4v) is 7.57. The quantitative estimate of drug-likeness (QED) is 0.589. The van der Waals surface area contributed by atoms with Crippen LogP contribution in [0.1, 0.15) is 56.1 Å². The molecule has 0 amide bonds. The molecule has 3 nitrogen and oxygen atoms in total. The van der Waals surface area contributed by atoms with Crippen molar-refractivity contribution in [3.63, 3.8) is 0 Å². The SMILES string of the molecule is C[C@]12CCC3c4ccc(O)cc4CCC3C1CC[C@]2(O)O[Si](C)(C)C. The zero-order valence-electron chi connectivity index (χ0n) is 16.0. The minimum atomic E-state index is -1.80. The van der Waals surface area contributed by atoms with Gasteiger partial charge in [-0.3, -0.25) is 0 Å². The van der Waals surface area contributed by atoms with E-state index in [0.29, 0.717) is 23.5 Å². The Hall–Kier alpha value is -0.843. The topological polar surface area (TPSA) is 49.7 Å². The summed E-state index contributed by atoms with van der Waals surface area (Å²) in [5.74, 6) is 1.19. The van der Waals surface area contributed by atoms with E-state index in [1.54, 1.807) is 0 Å². The number of hydrogen-bond donors (Lipinski definition) is 2. The lowest BCUT2D eigenvalue weighted by Crippen LogP contribution is -2.55. The van der Waals surface area contributed by atoms with E-state index in [2.05, 4.69) is 32.6 Å². The lowest BCUT2D eigenvalue weighted by atomic mass is 9.55. The van der Waals surface area contributed by atoms with E-state index in [1.165, 1.54) is 17.5 Å². The molecular weight excluding hydrogens is 328 g/mol. The zero-order chi connectivity index (χ0) is 18.0. The van der Waals surface area contributed by atoms with Gasteiger partial charge in [0.2, 0.25) is 0 Å². The predicted octanol–water partition coefficient (Wildman–Crippen LogP) is 4.79. The molecule has 25 heavy (non-hydrogen) atoms. The molecule has 1 aromatic carbocycles. The summed E-state index contributed by atoms with van der Waals surface area (Å²) in [5, 5.41) is 21.3. The molecule has 2 saturated carbocycles. The fourth-order valence-electron chi connectivity index (χ4n) is 6.22. The normalized spacial score (nSPS) is 40.3. The minimum absolute atomic E-state index is 0.122. The zero-order valence-corrected chi connectivity index (χ0v) is 17.0. The van der Waals surface area contributed by atoms with Crippen LogP contribution < -0.4 is 0 Å². The molecule has 0 saturated heterocycles. The third-order valence-electron chi connectivity index (χ3n) is 7.26. The molecule has 2 fully saturated rings. The van der Waals surface area contributed by atoms with Gasteiger partial charge in [-0.15, -0.1) is 0 Å². The third kappa shape index (κ3) is 2.68. The Bertz CT molecular complexity index is 682. The largest absolute Gasteiger partial charge is 0.508 e. The molecule has 0 aliphatic heterocycles. The number of phenols is 1. The summed E-state index contributed by atoms with van der Waals surface area (Å²) in [6.07, 6.45) is 6.22. The van der Waals surface area contributed by atoms with E-state index in [-0.39, 0.29) is 5.41 Å². The molecule has 0 aromatic heterocycles. The lowest BCUT2D eigenvalue weighted by Gasteiger charge is -2.54. The molecule has 4 heteroatoms. The number of aryl methyl sites for hydroxylation is 1. The van der Waals surface area contributed by atoms with Crippen molar-refractivity contribution in [2.24, 2.45) is 17.3 Å². The van der Waals surface area contributed by atoms with Crippen molar-refractivity contribution in [3.05, 3.63) is 29.3 Å². The third-order valence-corrected chi connectivity index (χ3v) is 8.21. The lowest BCUT2D eigenvalue weighted by molar-refractivity contribution is -0.228. The maximum atomic E-state index is 11.5. The van der Waals surface area contributed by atoms with Gasteiger partial charge >= 0.3 is 0 Å². The Labute approximate surface area is 152 Å². The second kappa shape index (κ2) is 5.58. The summed E-state index contributed by atoms with van der Waals surface area (Å²) in [4.78, 5) is 0. The van der Waals surface area contributed by atoms with Crippen LogP contribution in [0.5, 0.6) is 5.75 Å². The summed E-state index contributed by atoms with van der Waals surface area (Å²) in [6, 6.07) is 5.94. The van der Waals surface area contributed by atoms with Crippen LogP contribution in [-0.2, 0) is 10.8 Å². The second-order valence-corrected chi connectivity index (χ2v) is 14.2. The van der Waals surface area contributed by atoms with Gasteiger partial charge in [0.05, 0.1) is 0 Å². The van der Waals surface area contributed by atoms with Crippen LogP contribution >= 0.6 is 0 Å². The Morgan fingerprint density at radius 1 is 1.12 bits per heavy atom. The van der Waals surface area contributed by atoms with Crippen molar-refractivity contribution in [2.45, 2.75) is 76.8 Å². The molecule has 0 spiro atoms. The number of benzene rings is 1. The van der Waals surface area contributed by atoms with Crippen molar-refractivity contribution >= 4 is 8.32 Å². The molecular formula is C21H32O3Si. The highest BCUT2D eigenvalue weighted by Gasteiger charge is 2.63. The Morgan fingerprint density at radius 2 is 1.88 bits per heavy atom. The van der Waals surface area contributed by atoms with E-state index in [0.717, 1.165) is 32.1 Å². The first-order valence-electron chi connectivity index (χ1n) is 9.87. The van der Waals surface area contributed by atoms with Crippen LogP contribution in [0, 0.1) is 17.3 Å². The molecule has 4 rings (SSSR count). The van der Waals surface area contributed by atoms with Crippen LogP contribution in [0.3, 0.4) is 0 Å². The van der Waals surface area contributed by atoms with Crippen molar-refractivity contribution < 1.29 is 14.6 Å². The first-order valence-corrected chi connectivity index (χ1v) is 13.3. The van der Waals surface area contributed by atoms with Crippen LogP contribution in [0.4, 0.5) is 0 Å². The summed E-state index contributed by atoms with van der Waals surface area (Å²) in [6.45, 7) is 8.82. The standard InChI is InChI=1S/C21H32O3Si/c1-20-11-9-17-16-8-6-15(22)13-14(16)5-7-18(17)19(20)10-12-21(20,23)24-25(2,3)4/h6,8,13,17-19,22-23H,5,7,9-12H2,1-4H3/t17?,18?,19?,20-,21-/m0/s1. The van der Waals surface area contributed by atoms with E-state index in [1.807, 2.05) is 12.1 Å². The number of aromatic hydroxyl groups is 1. The van der Waals surface area contributed by atoms with Gasteiger partial charge in [0.25, 0.3) is 0 Å². The fraction of sp³-hybridized carbons (Fsp3) is 0.714. The summed E-state index contributed by atoms with van der Waals surface area (Å²) in [7, 11) is -1.80. The van der Waals surface area contributed by atoms with E-state index >= 15 is 0 Å². The molecule has 0 radical (unpaired) electrons. The number of rotatable bonds is 2. The first-order chi connectivity index (χ1) is 11.6. The second-order valence-electron chi connectivity index (χ2n) is 9.79. The van der Waals surface area contributed by atoms with Gasteiger partial charge in [-0.05, 0) is 92.8 Å². The van der Waals surface area contributed by atoms with Crippen molar-refractivity contribution in [3.8, 4) is 5.75 Å². The predicted molar refractivity (Wildman–Crippen MR) is 102 cm³/mol. The molecule has 3 unspecified atom stereocenters. The Balaban J connectivity index is 1.65. The van der Waals surface area contributed by atoms with Crippen molar-refractivity contribution in [2.75, 3.05) is 0 Å². The maximum absolute atomic E-state index is 11.5. The van der Waals surface area contributed by atoms with Gasteiger partial charge in [-0.25, -0.2) is 0 Å². The van der Waals surface area contributed by atoms with Gasteiger partial charge in [-0.2, -0.15) is 0 Å². The van der Waals surface area contributed by atoms with Gasteiger partial charge in [-0.1, -0.05) is 13.0 Å². The summed E-state index contributed by atoms with van der Waals surface area (Å²) >= 11 is 0. The van der Waals surface area contributed by atoms with Crippen LogP contribution in [0.15, 0.2) is 18.2 Å². The van der Waals surface area contributed by atoms with Crippen LogP contribution in [0.25, 0.3) is 0 Å². The van der Waals surface area contributed by atoms with Crippen LogP contribution in [-0.4, -0.2) is 24.3 Å². The number of aliphatic hydroxyl groups is 1. The minimum Gasteiger partial charge on any atom is -0.508 e. The van der Waals surface area contributed by atoms with Crippen LogP contribution in [0.2, 0.25) is 19.6 Å². The van der Waals surface area contributed by atoms with E-state index < -0.39 is 14.1 Å². The van der Waals surface area contributed by atoms with E-state index in [4.69, 9.17) is 4.43 Å². The highest BCUT2D eigenvalue weighted by Crippen LogP contribution is 2.64. The highest BCUT2D eigenvalue weighted by atomic mass is 28.4. The average molecular weight is 361 g/mol. The van der Waals surface area contributed by atoms with Gasteiger partial charge in [0.1, 0.15) is 5.75 Å². The molecule has 0 heterocycles. The van der Waals surface area contributed by atoms with Gasteiger partial charge < -0.3 is 14.6 Å². The molecule has 2 N–H and O–H groups in total. The molecule has 3 aliphatic rings. The molecule has 138 valence electrons. The average Bonchev–Trinajstić information content (AvgIpc) is 2.76. The van der Waals surface area contributed by atoms with Gasteiger partial charge in [0, 0.05) is 11.8 Å². The smallest absolute Gasteiger partial charge is 0.187 e. The number of hydrogen-bond acceptors (Lipinski definition) is 3. The Morgan fingerprint density at radius 3 is 2.60 bits per heavy atom. The maximum Gasteiger partial charge on any atom is 0.187 e. The first kappa shape index (κ1) is 17.6. The summed E-state index contributed by atoms with van der Waals surface area (Å²) in [5.41, 5.74) is 2.65. The molecule has 0 bridgehead atoms.